The molecule has 4 aromatic rings. The van der Waals surface area contributed by atoms with Gasteiger partial charge < -0.3 is 15.2 Å². The Morgan fingerprint density at radius 2 is 1.79 bits per heavy atom. The van der Waals surface area contributed by atoms with Crippen molar-refractivity contribution in [3.8, 4) is 17.0 Å². The van der Waals surface area contributed by atoms with Crippen molar-refractivity contribution in [2.45, 2.75) is 19.1 Å². The molecule has 1 saturated heterocycles. The molecule has 5 rings (SSSR count). The first-order valence-corrected chi connectivity index (χ1v) is 16.0. The van der Waals surface area contributed by atoms with Crippen molar-refractivity contribution in [2.24, 2.45) is 0 Å². The predicted octanol–water partition coefficient (Wildman–Crippen LogP) is 5.39. The summed E-state index contributed by atoms with van der Waals surface area (Å²) in [6.07, 6.45) is 2.55. The van der Waals surface area contributed by atoms with Crippen LogP contribution in [0.25, 0.3) is 11.3 Å². The number of halogens is 3. The number of β-amino-alcohol motifs (C(OH)–C–C–N with tert-alkyl or cyclic N) is 1. The maximum atomic E-state index is 13.8. The zero-order valence-corrected chi connectivity index (χ0v) is 25.6. The Kier molecular flexibility index (Phi) is 8.47. The number of likely N-dealkylation sites (tertiary alicyclic amines) is 1. The minimum Gasteiger partial charge on any atom is -0.487 e. The fraction of sp³-hybridized carbons (Fsp3) is 0.241. The maximum Gasteiger partial charge on any atom is 0.265 e. The van der Waals surface area contributed by atoms with Gasteiger partial charge in [-0.1, -0.05) is 11.6 Å². The van der Waals surface area contributed by atoms with Gasteiger partial charge >= 0.3 is 0 Å². The van der Waals surface area contributed by atoms with Crippen LogP contribution in [0.3, 0.4) is 0 Å². The Morgan fingerprint density at radius 3 is 2.44 bits per heavy atom. The molecule has 3 N–H and O–H groups in total. The van der Waals surface area contributed by atoms with Gasteiger partial charge in [0.05, 0.1) is 16.8 Å². The van der Waals surface area contributed by atoms with Crippen molar-refractivity contribution in [3.63, 3.8) is 0 Å². The van der Waals surface area contributed by atoms with E-state index >= 15 is 0 Å². The van der Waals surface area contributed by atoms with Crippen LogP contribution in [0, 0.1) is 18.6 Å². The molecule has 1 aliphatic heterocycles. The smallest absolute Gasteiger partial charge is 0.265 e. The number of amides is 1. The van der Waals surface area contributed by atoms with Gasteiger partial charge in [0.2, 0.25) is 10.0 Å². The summed E-state index contributed by atoms with van der Waals surface area (Å²) in [6, 6.07) is 10.7. The topological polar surface area (TPSA) is 121 Å². The quantitative estimate of drug-likeness (QED) is 0.223. The van der Waals surface area contributed by atoms with Crippen molar-refractivity contribution in [1.82, 2.24) is 9.88 Å². The van der Waals surface area contributed by atoms with Crippen LogP contribution in [0.2, 0.25) is 5.02 Å². The zero-order valence-electron chi connectivity index (χ0n) is 23.2. The van der Waals surface area contributed by atoms with Crippen LogP contribution in [0.15, 0.2) is 54.7 Å². The Hall–Kier alpha value is -3.62. The lowest BCUT2D eigenvalue weighted by molar-refractivity contribution is -0.0921. The summed E-state index contributed by atoms with van der Waals surface area (Å²) in [5.74, 6) is -1.67. The summed E-state index contributed by atoms with van der Waals surface area (Å²) in [7, 11) is -1.69. The van der Waals surface area contributed by atoms with E-state index in [-0.39, 0.29) is 34.3 Å². The fourth-order valence-electron chi connectivity index (χ4n) is 4.85. The van der Waals surface area contributed by atoms with E-state index in [2.05, 4.69) is 15.0 Å². The number of anilines is 2. The van der Waals surface area contributed by atoms with Gasteiger partial charge in [-0.15, -0.1) is 11.3 Å². The van der Waals surface area contributed by atoms with Gasteiger partial charge in [0.25, 0.3) is 5.91 Å². The van der Waals surface area contributed by atoms with Gasteiger partial charge in [0, 0.05) is 52.1 Å². The van der Waals surface area contributed by atoms with Gasteiger partial charge in [-0.3, -0.25) is 19.4 Å². The lowest BCUT2D eigenvalue weighted by Crippen LogP contribution is -2.57. The van der Waals surface area contributed by atoms with E-state index in [1.807, 2.05) is 11.9 Å². The first-order valence-electron chi connectivity index (χ1n) is 12.9. The summed E-state index contributed by atoms with van der Waals surface area (Å²) >= 11 is 7.33. The lowest BCUT2D eigenvalue weighted by atomic mass is 9.87. The van der Waals surface area contributed by atoms with E-state index in [1.54, 1.807) is 25.3 Å². The van der Waals surface area contributed by atoms with Crippen molar-refractivity contribution >= 4 is 50.2 Å². The largest absolute Gasteiger partial charge is 0.487 e. The Labute approximate surface area is 256 Å². The molecule has 3 heterocycles. The van der Waals surface area contributed by atoms with E-state index in [4.69, 9.17) is 16.3 Å². The number of thiophene rings is 1. The molecule has 0 aliphatic carbocycles. The van der Waals surface area contributed by atoms with Crippen LogP contribution in [0.5, 0.6) is 5.75 Å². The maximum absolute atomic E-state index is 13.8. The molecule has 1 amide bonds. The van der Waals surface area contributed by atoms with Crippen molar-refractivity contribution in [2.75, 3.05) is 36.4 Å². The van der Waals surface area contributed by atoms with Crippen molar-refractivity contribution in [3.05, 3.63) is 92.3 Å². The number of pyridine rings is 1. The molecule has 2 aromatic heterocycles. The third-order valence-corrected chi connectivity index (χ3v) is 8.50. The summed E-state index contributed by atoms with van der Waals surface area (Å²) < 4.78 is 59.2. The molecule has 2 aromatic carbocycles. The highest BCUT2D eigenvalue weighted by Gasteiger charge is 2.41. The molecule has 0 atom stereocenters. The predicted molar refractivity (Wildman–Crippen MR) is 162 cm³/mol. The molecular formula is C29H27ClF2N4O5S2. The zero-order chi connectivity index (χ0) is 31.1. The SMILES string of the molecule is Cc1sc(C(=O)Nc2cc(Cl)cc(NS(C)(=O)=O)c2)cc1-c1ncc(C2(O)CN(C)C2)cc1OCc1cc(F)cc(F)c1. The van der Waals surface area contributed by atoms with Gasteiger partial charge in [-0.25, -0.2) is 17.2 Å². The number of hydrogen-bond donors (Lipinski definition) is 3. The number of carbonyl (C=O) groups is 1. The van der Waals surface area contributed by atoms with E-state index in [1.165, 1.54) is 41.7 Å². The highest BCUT2D eigenvalue weighted by molar-refractivity contribution is 7.92. The number of likely N-dealkylation sites (N-methyl/N-ethyl adjacent to an activating group) is 1. The highest BCUT2D eigenvalue weighted by Crippen LogP contribution is 2.39. The Morgan fingerprint density at radius 1 is 1.12 bits per heavy atom. The molecule has 226 valence electrons. The van der Waals surface area contributed by atoms with Crippen molar-refractivity contribution in [1.29, 1.82) is 0 Å². The molecule has 43 heavy (non-hydrogen) atoms. The standard InChI is InChI=1S/C29H27ClF2N4O5S2/c1-16-24(11-26(42-16)28(37)34-22-7-19(30)8-23(10-22)35-43(3,39)40)27-25(41-13-17-4-20(31)9-21(32)5-17)6-18(12-33-27)29(38)14-36(2)15-29/h4-12,35,38H,13-15H2,1-3H3,(H,34,37). The van der Waals surface area contributed by atoms with Crippen LogP contribution < -0.4 is 14.8 Å². The number of rotatable bonds is 9. The normalized spacial score (nSPS) is 14.7. The Bertz CT molecular complexity index is 1810. The fourth-order valence-corrected chi connectivity index (χ4v) is 6.55. The number of sulfonamides is 1. The number of nitrogens with zero attached hydrogens (tertiary/aromatic N) is 2. The monoisotopic (exact) mass is 648 g/mol. The first-order chi connectivity index (χ1) is 20.2. The minimum atomic E-state index is -3.56. The minimum absolute atomic E-state index is 0.166. The van der Waals surface area contributed by atoms with Crippen LogP contribution in [0.1, 0.15) is 25.7 Å². The average Bonchev–Trinajstić information content (AvgIpc) is 3.26. The third kappa shape index (κ3) is 7.31. The molecule has 0 radical (unpaired) electrons. The van der Waals surface area contributed by atoms with Crippen LogP contribution in [0.4, 0.5) is 20.2 Å². The van der Waals surface area contributed by atoms with Gasteiger partial charge in [-0.2, -0.15) is 0 Å². The number of nitrogens with one attached hydrogen (secondary N) is 2. The average molecular weight is 649 g/mol. The number of hydrogen-bond acceptors (Lipinski definition) is 8. The molecule has 1 fully saturated rings. The number of aliphatic hydroxyl groups is 1. The van der Waals surface area contributed by atoms with E-state index < -0.39 is 33.2 Å². The number of aromatic nitrogens is 1. The molecular weight excluding hydrogens is 622 g/mol. The third-order valence-electron chi connectivity index (χ3n) is 6.63. The number of carbonyl (C=O) groups excluding carboxylic acids is 1. The number of aryl methyl sites for hydroxylation is 1. The summed E-state index contributed by atoms with van der Waals surface area (Å²) in [4.78, 5) is 20.8. The molecule has 0 spiro atoms. The van der Waals surface area contributed by atoms with Crippen LogP contribution in [-0.4, -0.2) is 55.7 Å². The summed E-state index contributed by atoms with van der Waals surface area (Å²) in [5.41, 5.74) is 1.11. The first kappa shape index (κ1) is 30.8. The van der Waals surface area contributed by atoms with Gasteiger partial charge in [0.15, 0.2) is 0 Å². The molecule has 0 unspecified atom stereocenters. The van der Waals surface area contributed by atoms with E-state index in [0.717, 1.165) is 17.2 Å². The number of benzene rings is 2. The molecule has 0 saturated carbocycles. The van der Waals surface area contributed by atoms with Gasteiger partial charge in [-0.05, 0) is 62.0 Å². The second kappa shape index (κ2) is 11.8. The summed E-state index contributed by atoms with van der Waals surface area (Å²) in [6.45, 7) is 2.44. The second-order valence-electron chi connectivity index (χ2n) is 10.5. The van der Waals surface area contributed by atoms with E-state index in [9.17, 15) is 27.1 Å². The summed E-state index contributed by atoms with van der Waals surface area (Å²) in [5, 5.41) is 14.0. The van der Waals surface area contributed by atoms with Crippen LogP contribution in [-0.2, 0) is 22.2 Å². The van der Waals surface area contributed by atoms with Gasteiger partial charge in [0.1, 0.15) is 35.3 Å². The van der Waals surface area contributed by atoms with Crippen LogP contribution >= 0.6 is 22.9 Å². The number of ether oxygens (including phenoxy) is 1. The molecule has 14 heteroatoms. The molecule has 1 aliphatic rings. The highest BCUT2D eigenvalue weighted by atomic mass is 35.5. The lowest BCUT2D eigenvalue weighted by Gasteiger charge is -2.44. The molecule has 9 nitrogen and oxygen atoms in total. The van der Waals surface area contributed by atoms with E-state index in [0.29, 0.717) is 34.8 Å². The van der Waals surface area contributed by atoms with Crippen molar-refractivity contribution < 1.29 is 31.8 Å². The molecule has 0 bridgehead atoms. The second-order valence-corrected chi connectivity index (χ2v) is 13.9. The Balaban J connectivity index is 1.45.